The van der Waals surface area contributed by atoms with Gasteiger partial charge in [0.15, 0.2) is 0 Å². The molecule has 7 nitrogen and oxygen atoms in total. The largest absolute Gasteiger partial charge is 0.340 e. The van der Waals surface area contributed by atoms with Gasteiger partial charge >= 0.3 is 6.03 Å². The number of rotatable bonds is 1. The number of carbonyl (C=O) groups is 3. The first-order valence-electron chi connectivity index (χ1n) is 4.52. The van der Waals surface area contributed by atoms with Crippen LogP contribution in [0.25, 0.3) is 0 Å². The second-order valence-electron chi connectivity index (χ2n) is 3.19. The zero-order valence-corrected chi connectivity index (χ0v) is 8.45. The highest BCUT2D eigenvalue weighted by Crippen LogP contribution is 2.15. The Kier molecular flexibility index (Phi) is 2.35. The monoisotopic (exact) mass is 220 g/mol. The van der Waals surface area contributed by atoms with Crippen molar-refractivity contribution in [3.05, 3.63) is 18.5 Å². The maximum Gasteiger partial charge on any atom is 0.340 e. The van der Waals surface area contributed by atoms with Crippen LogP contribution in [0.3, 0.4) is 0 Å². The number of barbiturate groups is 1. The Labute approximate surface area is 90.7 Å². The van der Waals surface area contributed by atoms with Crippen LogP contribution in [0, 0.1) is 0 Å². The summed E-state index contributed by atoms with van der Waals surface area (Å²) < 4.78 is 0. The van der Waals surface area contributed by atoms with Gasteiger partial charge in [0.25, 0.3) is 0 Å². The maximum atomic E-state index is 11.7. The molecule has 0 aliphatic carbocycles. The zero-order valence-electron chi connectivity index (χ0n) is 8.45. The second kappa shape index (κ2) is 3.69. The average molecular weight is 220 g/mol. The molecule has 0 unspecified atom stereocenters. The Bertz CT molecular complexity index is 459. The minimum absolute atomic E-state index is 0.0168. The molecule has 1 aliphatic heterocycles. The molecule has 0 N–H and O–H groups in total. The summed E-state index contributed by atoms with van der Waals surface area (Å²) in [5.41, 5.74) is 0. The van der Waals surface area contributed by atoms with Crippen molar-refractivity contribution in [3.63, 3.8) is 0 Å². The van der Waals surface area contributed by atoms with Gasteiger partial charge in [0.05, 0.1) is 0 Å². The Morgan fingerprint density at radius 1 is 1.12 bits per heavy atom. The number of hydrogen-bond donors (Lipinski definition) is 0. The molecule has 1 aromatic rings. The molecule has 1 saturated heterocycles. The first-order chi connectivity index (χ1) is 7.61. The molecule has 82 valence electrons. The highest BCUT2D eigenvalue weighted by Gasteiger charge is 2.37. The molecule has 0 saturated carbocycles. The van der Waals surface area contributed by atoms with Gasteiger partial charge < -0.3 is 0 Å². The number of amides is 4. The molecule has 0 radical (unpaired) electrons. The Morgan fingerprint density at radius 3 is 2.38 bits per heavy atom. The number of aromatic nitrogens is 2. The van der Waals surface area contributed by atoms with Crippen molar-refractivity contribution < 1.29 is 14.4 Å². The average Bonchev–Trinajstić information content (AvgIpc) is 2.28. The maximum absolute atomic E-state index is 11.7. The summed E-state index contributed by atoms with van der Waals surface area (Å²) in [5.74, 6) is -1.15. The van der Waals surface area contributed by atoms with Gasteiger partial charge in [-0.3, -0.25) is 14.5 Å². The van der Waals surface area contributed by atoms with E-state index in [1.165, 1.54) is 19.4 Å². The molecular weight excluding hydrogens is 212 g/mol. The number of hydrogen-bond acceptors (Lipinski definition) is 5. The van der Waals surface area contributed by atoms with Gasteiger partial charge in [0.2, 0.25) is 17.8 Å². The van der Waals surface area contributed by atoms with Gasteiger partial charge in [0, 0.05) is 19.4 Å². The van der Waals surface area contributed by atoms with Crippen LogP contribution in [-0.2, 0) is 9.59 Å². The van der Waals surface area contributed by atoms with Gasteiger partial charge in [-0.05, 0) is 6.07 Å². The Balaban J connectivity index is 2.38. The van der Waals surface area contributed by atoms with E-state index in [1.54, 1.807) is 6.07 Å². The molecule has 2 heterocycles. The van der Waals surface area contributed by atoms with Crippen molar-refractivity contribution in [3.8, 4) is 0 Å². The molecule has 2 rings (SSSR count). The summed E-state index contributed by atoms with van der Waals surface area (Å²) in [6, 6.07) is 0.838. The topological polar surface area (TPSA) is 83.5 Å². The van der Waals surface area contributed by atoms with Gasteiger partial charge in [-0.25, -0.2) is 14.8 Å². The smallest absolute Gasteiger partial charge is 0.274 e. The number of imide groups is 2. The fraction of sp³-hybridized carbons (Fsp3) is 0.222. The summed E-state index contributed by atoms with van der Waals surface area (Å²) in [4.78, 5) is 43.7. The van der Waals surface area contributed by atoms with Crippen LogP contribution in [0.15, 0.2) is 18.5 Å². The molecule has 7 heteroatoms. The third-order valence-corrected chi connectivity index (χ3v) is 2.16. The van der Waals surface area contributed by atoms with Gasteiger partial charge in [0.1, 0.15) is 6.42 Å². The third-order valence-electron chi connectivity index (χ3n) is 2.16. The fourth-order valence-corrected chi connectivity index (χ4v) is 1.29. The normalized spacial score (nSPS) is 16.9. The van der Waals surface area contributed by atoms with Crippen LogP contribution in [0.2, 0.25) is 0 Å². The summed E-state index contributed by atoms with van der Waals surface area (Å²) in [6.45, 7) is 0. The van der Waals surface area contributed by atoms with Crippen LogP contribution >= 0.6 is 0 Å². The molecule has 4 amide bonds. The predicted octanol–water partition coefficient (Wildman–Crippen LogP) is -0.208. The molecule has 0 atom stereocenters. The van der Waals surface area contributed by atoms with Gasteiger partial charge in [-0.2, -0.15) is 4.90 Å². The number of anilines is 1. The molecule has 0 bridgehead atoms. The highest BCUT2D eigenvalue weighted by atomic mass is 16.2. The van der Waals surface area contributed by atoms with Crippen molar-refractivity contribution in [1.82, 2.24) is 14.9 Å². The fourth-order valence-electron chi connectivity index (χ4n) is 1.29. The minimum Gasteiger partial charge on any atom is -0.274 e. The van der Waals surface area contributed by atoms with E-state index in [9.17, 15) is 14.4 Å². The van der Waals surface area contributed by atoms with Crippen molar-refractivity contribution in [1.29, 1.82) is 0 Å². The van der Waals surface area contributed by atoms with E-state index in [1.807, 2.05) is 0 Å². The van der Waals surface area contributed by atoms with E-state index in [-0.39, 0.29) is 12.4 Å². The Hall–Kier alpha value is -2.31. The van der Waals surface area contributed by atoms with E-state index in [2.05, 4.69) is 9.97 Å². The summed E-state index contributed by atoms with van der Waals surface area (Å²) in [6.07, 6.45) is 2.49. The zero-order chi connectivity index (χ0) is 11.7. The third kappa shape index (κ3) is 1.52. The lowest BCUT2D eigenvalue weighted by molar-refractivity contribution is -0.134. The van der Waals surface area contributed by atoms with Crippen molar-refractivity contribution >= 4 is 23.8 Å². The lowest BCUT2D eigenvalue weighted by atomic mass is 10.3. The molecule has 16 heavy (non-hydrogen) atoms. The van der Waals surface area contributed by atoms with E-state index in [0.29, 0.717) is 0 Å². The number of nitrogens with zero attached hydrogens (tertiary/aromatic N) is 4. The first kappa shape index (κ1) is 10.2. The summed E-state index contributed by atoms with van der Waals surface area (Å²) in [5, 5.41) is 0. The van der Waals surface area contributed by atoms with E-state index >= 15 is 0 Å². The van der Waals surface area contributed by atoms with Crippen LogP contribution in [0.5, 0.6) is 0 Å². The summed E-state index contributed by atoms with van der Waals surface area (Å²) >= 11 is 0. The van der Waals surface area contributed by atoms with Crippen molar-refractivity contribution in [2.45, 2.75) is 6.42 Å². The van der Waals surface area contributed by atoms with Gasteiger partial charge in [-0.15, -0.1) is 0 Å². The molecule has 0 aromatic carbocycles. The van der Waals surface area contributed by atoms with Crippen LogP contribution in [0.4, 0.5) is 10.7 Å². The van der Waals surface area contributed by atoms with Crippen LogP contribution in [-0.4, -0.2) is 39.8 Å². The summed E-state index contributed by atoms with van der Waals surface area (Å²) in [7, 11) is 1.31. The van der Waals surface area contributed by atoms with E-state index in [4.69, 9.17) is 0 Å². The molecule has 1 aromatic heterocycles. The quantitative estimate of drug-likeness (QED) is 0.611. The van der Waals surface area contributed by atoms with E-state index < -0.39 is 17.8 Å². The van der Waals surface area contributed by atoms with Crippen LogP contribution < -0.4 is 4.90 Å². The standard InChI is InChI=1S/C9H8N4O3/c1-12-6(14)5-7(15)13(9(12)16)8-10-3-2-4-11-8/h2-4H,5H2,1H3. The minimum atomic E-state index is -0.729. The highest BCUT2D eigenvalue weighted by molar-refractivity contribution is 6.25. The predicted molar refractivity (Wildman–Crippen MR) is 52.3 cm³/mol. The van der Waals surface area contributed by atoms with Crippen molar-refractivity contribution in [2.75, 3.05) is 11.9 Å². The first-order valence-corrected chi connectivity index (χ1v) is 4.52. The number of urea groups is 1. The lowest BCUT2D eigenvalue weighted by Gasteiger charge is -2.28. The number of carbonyl (C=O) groups excluding carboxylic acids is 3. The second-order valence-corrected chi connectivity index (χ2v) is 3.19. The Morgan fingerprint density at radius 2 is 1.75 bits per heavy atom. The van der Waals surface area contributed by atoms with E-state index in [0.717, 1.165) is 9.80 Å². The molecule has 1 aliphatic rings. The van der Waals surface area contributed by atoms with Crippen LogP contribution in [0.1, 0.15) is 6.42 Å². The lowest BCUT2D eigenvalue weighted by Crippen LogP contribution is -2.54. The molecule has 0 spiro atoms. The SMILES string of the molecule is CN1C(=O)CC(=O)N(c2ncccn2)C1=O. The van der Waals surface area contributed by atoms with Gasteiger partial charge in [-0.1, -0.05) is 0 Å². The van der Waals surface area contributed by atoms with Crippen molar-refractivity contribution in [2.24, 2.45) is 0 Å². The molecular formula is C9H8N4O3. The molecule has 1 fully saturated rings.